The number of halogens is 1. The Kier molecular flexibility index (Phi) is 7.59. The minimum Gasteiger partial charge on any atom is -0.489 e. The largest absolute Gasteiger partial charge is 0.489 e. The number of likely N-dealkylation sites (N-methyl/N-ethyl adjacent to an activating group) is 1. The molecule has 5 rings (SSSR count). The highest BCUT2D eigenvalue weighted by atomic mass is 35.5. The van der Waals surface area contributed by atoms with Gasteiger partial charge in [-0.1, -0.05) is 61.0 Å². The normalized spacial score (nSPS) is 15.2. The molecule has 1 aliphatic rings. The number of nitrogens with zero attached hydrogens (tertiary/aromatic N) is 2. The van der Waals surface area contributed by atoms with E-state index in [-0.39, 0.29) is 11.8 Å². The van der Waals surface area contributed by atoms with Gasteiger partial charge in [-0.15, -0.1) is 0 Å². The second-order valence-electron chi connectivity index (χ2n) is 9.35. The lowest BCUT2D eigenvalue weighted by Gasteiger charge is -2.34. The molecule has 2 heterocycles. The van der Waals surface area contributed by atoms with Gasteiger partial charge in [0, 0.05) is 60.6 Å². The third-order valence-corrected chi connectivity index (χ3v) is 7.37. The van der Waals surface area contributed by atoms with Crippen molar-refractivity contribution >= 4 is 28.4 Å². The highest BCUT2D eigenvalue weighted by molar-refractivity contribution is 6.31. The predicted molar refractivity (Wildman–Crippen MR) is 146 cm³/mol. The molecule has 0 bridgehead atoms. The smallest absolute Gasteiger partial charge is 0.223 e. The molecule has 6 heteroatoms. The maximum atomic E-state index is 13.4. The fourth-order valence-corrected chi connectivity index (χ4v) is 5.14. The minimum absolute atomic E-state index is 0.0860. The van der Waals surface area contributed by atoms with Crippen molar-refractivity contribution in [2.24, 2.45) is 0 Å². The quantitative estimate of drug-likeness (QED) is 0.318. The summed E-state index contributed by atoms with van der Waals surface area (Å²) < 4.78 is 6.00. The van der Waals surface area contributed by atoms with Crippen LogP contribution in [0.3, 0.4) is 0 Å². The zero-order valence-electron chi connectivity index (χ0n) is 20.6. The number of rotatable bonds is 8. The molecule has 1 saturated heterocycles. The van der Waals surface area contributed by atoms with Crippen LogP contribution in [0.25, 0.3) is 10.9 Å². The molecule has 5 nitrogen and oxygen atoms in total. The number of amides is 1. The van der Waals surface area contributed by atoms with Gasteiger partial charge >= 0.3 is 0 Å². The van der Waals surface area contributed by atoms with Crippen LogP contribution in [0.5, 0.6) is 5.75 Å². The monoisotopic (exact) mass is 501 g/mol. The number of hydrogen-bond acceptors (Lipinski definition) is 3. The third-order valence-electron chi connectivity index (χ3n) is 7.13. The molecule has 0 spiro atoms. The predicted octanol–water partition coefficient (Wildman–Crippen LogP) is 6.09. The summed E-state index contributed by atoms with van der Waals surface area (Å²) in [6, 6.07) is 24.2. The number of piperazine rings is 1. The lowest BCUT2D eigenvalue weighted by molar-refractivity contribution is -0.133. The summed E-state index contributed by atoms with van der Waals surface area (Å²) in [5, 5.41) is 1.74. The zero-order chi connectivity index (χ0) is 24.9. The van der Waals surface area contributed by atoms with E-state index in [1.807, 2.05) is 59.6 Å². The van der Waals surface area contributed by atoms with Crippen LogP contribution in [-0.4, -0.2) is 53.4 Å². The van der Waals surface area contributed by atoms with E-state index >= 15 is 0 Å². The van der Waals surface area contributed by atoms with E-state index in [4.69, 9.17) is 16.3 Å². The first-order chi connectivity index (χ1) is 17.6. The molecule has 0 aliphatic carbocycles. The molecule has 3 aromatic carbocycles. The van der Waals surface area contributed by atoms with E-state index in [1.165, 1.54) is 0 Å². The van der Waals surface area contributed by atoms with Crippen molar-refractivity contribution < 1.29 is 9.53 Å². The number of benzene rings is 3. The molecule has 36 heavy (non-hydrogen) atoms. The molecule has 1 atom stereocenters. The Balaban J connectivity index is 1.39. The third kappa shape index (κ3) is 5.58. The van der Waals surface area contributed by atoms with Gasteiger partial charge in [0.25, 0.3) is 0 Å². The summed E-state index contributed by atoms with van der Waals surface area (Å²) in [6.45, 7) is 7.15. The fourth-order valence-electron chi connectivity index (χ4n) is 4.96. The lowest BCUT2D eigenvalue weighted by atomic mass is 9.87. The number of hydrogen-bond donors (Lipinski definition) is 1. The number of fused-ring (bicyclic) bond motifs is 1. The number of aromatic amines is 1. The average Bonchev–Trinajstić information content (AvgIpc) is 3.34. The van der Waals surface area contributed by atoms with Crippen molar-refractivity contribution in [2.45, 2.75) is 25.9 Å². The molecule has 1 aromatic heterocycles. The highest BCUT2D eigenvalue weighted by Gasteiger charge is 2.26. The van der Waals surface area contributed by atoms with Crippen molar-refractivity contribution in [3.8, 4) is 5.75 Å². The van der Waals surface area contributed by atoms with Crippen molar-refractivity contribution in [1.82, 2.24) is 14.8 Å². The van der Waals surface area contributed by atoms with Gasteiger partial charge in [0.05, 0.1) is 0 Å². The number of nitrogens with one attached hydrogen (secondary N) is 1. The molecule has 1 amide bonds. The molecular formula is C30H32ClN3O2. The first-order valence-corrected chi connectivity index (χ1v) is 13.0. The van der Waals surface area contributed by atoms with E-state index in [0.29, 0.717) is 18.1 Å². The molecule has 4 aromatic rings. The summed E-state index contributed by atoms with van der Waals surface area (Å²) in [5.74, 6) is 0.916. The van der Waals surface area contributed by atoms with E-state index in [9.17, 15) is 4.79 Å². The minimum atomic E-state index is -0.0860. The van der Waals surface area contributed by atoms with Crippen LogP contribution in [-0.2, 0) is 11.4 Å². The van der Waals surface area contributed by atoms with Gasteiger partial charge in [-0.3, -0.25) is 4.79 Å². The van der Waals surface area contributed by atoms with Gasteiger partial charge in [-0.05, 0) is 53.6 Å². The molecule has 186 valence electrons. The summed E-state index contributed by atoms with van der Waals surface area (Å²) in [4.78, 5) is 21.2. The van der Waals surface area contributed by atoms with Gasteiger partial charge < -0.3 is 19.5 Å². The van der Waals surface area contributed by atoms with Gasteiger partial charge in [0.2, 0.25) is 5.91 Å². The second-order valence-corrected chi connectivity index (χ2v) is 9.79. The Labute approximate surface area is 217 Å². The maximum Gasteiger partial charge on any atom is 0.223 e. The molecule has 0 saturated carbocycles. The SMILES string of the molecule is CCN1CCN(C(=O)C[C@H](c2ccc(OCc3ccccc3)cc2)c2c[nH]c3ccc(Cl)cc23)CC1. The number of aromatic nitrogens is 1. The van der Waals surface area contributed by atoms with Gasteiger partial charge in [-0.25, -0.2) is 0 Å². The molecule has 1 aliphatic heterocycles. The van der Waals surface area contributed by atoms with Crippen LogP contribution >= 0.6 is 11.6 Å². The van der Waals surface area contributed by atoms with Crippen LogP contribution in [0.4, 0.5) is 0 Å². The fraction of sp³-hybridized carbons (Fsp3) is 0.300. The van der Waals surface area contributed by atoms with Crippen molar-refractivity contribution in [2.75, 3.05) is 32.7 Å². The van der Waals surface area contributed by atoms with Crippen molar-refractivity contribution in [3.63, 3.8) is 0 Å². The molecule has 0 radical (unpaired) electrons. The van der Waals surface area contributed by atoms with E-state index in [2.05, 4.69) is 41.1 Å². The summed E-state index contributed by atoms with van der Waals surface area (Å²) in [5.41, 5.74) is 4.32. The molecule has 1 fully saturated rings. The Morgan fingerprint density at radius 3 is 2.47 bits per heavy atom. The van der Waals surface area contributed by atoms with Crippen molar-refractivity contribution in [3.05, 3.63) is 101 Å². The van der Waals surface area contributed by atoms with E-state index < -0.39 is 0 Å². The maximum absolute atomic E-state index is 13.4. The van der Waals surface area contributed by atoms with Gasteiger partial charge in [0.15, 0.2) is 0 Å². The molecule has 0 unspecified atom stereocenters. The Morgan fingerprint density at radius 2 is 1.75 bits per heavy atom. The van der Waals surface area contributed by atoms with Gasteiger partial charge in [0.1, 0.15) is 12.4 Å². The van der Waals surface area contributed by atoms with E-state index in [1.54, 1.807) is 0 Å². The van der Waals surface area contributed by atoms with Crippen LogP contribution in [0.15, 0.2) is 79.0 Å². The Bertz CT molecular complexity index is 1300. The highest BCUT2D eigenvalue weighted by Crippen LogP contribution is 2.36. The van der Waals surface area contributed by atoms with Crippen LogP contribution < -0.4 is 4.74 Å². The topological polar surface area (TPSA) is 48.6 Å². The molecule has 1 N–H and O–H groups in total. The second kappa shape index (κ2) is 11.2. The average molecular weight is 502 g/mol. The lowest BCUT2D eigenvalue weighted by Crippen LogP contribution is -2.48. The van der Waals surface area contributed by atoms with Crippen LogP contribution in [0.2, 0.25) is 5.02 Å². The number of carbonyl (C=O) groups is 1. The molecular weight excluding hydrogens is 470 g/mol. The Morgan fingerprint density at radius 1 is 1.00 bits per heavy atom. The standard InChI is InChI=1S/C30H32ClN3O2/c1-2-33-14-16-34(17-15-33)30(35)19-26(28-20-32-29-13-10-24(31)18-27(28)29)23-8-11-25(12-9-23)36-21-22-6-4-3-5-7-22/h3-13,18,20,26,32H,2,14-17,19,21H2,1H3/t26-/m1/s1. The van der Waals surface area contributed by atoms with Crippen molar-refractivity contribution in [1.29, 1.82) is 0 Å². The van der Waals surface area contributed by atoms with E-state index in [0.717, 1.165) is 66.1 Å². The zero-order valence-corrected chi connectivity index (χ0v) is 21.4. The number of H-pyrrole nitrogens is 1. The first kappa shape index (κ1) is 24.4. The van der Waals surface area contributed by atoms with Gasteiger partial charge in [-0.2, -0.15) is 0 Å². The number of carbonyl (C=O) groups excluding carboxylic acids is 1. The summed E-state index contributed by atoms with van der Waals surface area (Å²) in [6.07, 6.45) is 2.43. The number of ether oxygens (including phenoxy) is 1. The summed E-state index contributed by atoms with van der Waals surface area (Å²) >= 11 is 6.35. The van der Waals surface area contributed by atoms with Crippen LogP contribution in [0.1, 0.15) is 36.0 Å². The summed E-state index contributed by atoms with van der Waals surface area (Å²) in [7, 11) is 0. The first-order valence-electron chi connectivity index (χ1n) is 12.6. The van der Waals surface area contributed by atoms with Crippen LogP contribution in [0, 0.1) is 0 Å². The Hall–Kier alpha value is -3.28.